The number of rotatable bonds is 3. The van der Waals surface area contributed by atoms with Gasteiger partial charge in [0.05, 0.1) is 11.6 Å². The number of nitrogens with one attached hydrogen (secondary N) is 1. The molecule has 2 amide bonds. The first-order chi connectivity index (χ1) is 8.58. The Morgan fingerprint density at radius 3 is 2.61 bits per heavy atom. The Morgan fingerprint density at radius 1 is 1.39 bits per heavy atom. The van der Waals surface area contributed by atoms with Crippen molar-refractivity contribution in [3.8, 4) is 0 Å². The molecule has 0 radical (unpaired) electrons. The molecule has 1 saturated heterocycles. The minimum Gasteiger partial charge on any atom is -0.345 e. The van der Waals surface area contributed by atoms with Crippen molar-refractivity contribution >= 4 is 23.4 Å². The van der Waals surface area contributed by atoms with Gasteiger partial charge in [0.1, 0.15) is 5.69 Å². The van der Waals surface area contributed by atoms with Crippen molar-refractivity contribution < 1.29 is 9.59 Å². The van der Waals surface area contributed by atoms with Crippen LogP contribution in [0.2, 0.25) is 5.02 Å². The Kier molecular flexibility index (Phi) is 3.91. The number of nitrogens with zero attached hydrogens (tertiary/aromatic N) is 2. The van der Waals surface area contributed by atoms with Gasteiger partial charge < -0.3 is 14.8 Å². The molecule has 0 saturated carbocycles. The molecule has 18 heavy (non-hydrogen) atoms. The fourth-order valence-electron chi connectivity index (χ4n) is 2.07. The third-order valence-electron chi connectivity index (χ3n) is 3.06. The lowest BCUT2D eigenvalue weighted by molar-refractivity contribution is -0.129. The predicted molar refractivity (Wildman–Crippen MR) is 68.6 cm³/mol. The number of hydrogen-bond donors (Lipinski definition) is 1. The minimum absolute atomic E-state index is 0.0267. The second-order valence-corrected chi connectivity index (χ2v) is 4.86. The summed E-state index contributed by atoms with van der Waals surface area (Å²) >= 11 is 5.80. The average Bonchev–Trinajstić information content (AvgIpc) is 2.95. The molecule has 6 heteroatoms. The molecular formula is C12H16ClN3O2. The Bertz CT molecular complexity index is 464. The summed E-state index contributed by atoms with van der Waals surface area (Å²) in [6, 6.07) is 1.58. The zero-order chi connectivity index (χ0) is 13.1. The van der Waals surface area contributed by atoms with Crippen molar-refractivity contribution in [2.45, 2.75) is 12.8 Å². The number of carbonyl (C=O) groups excluding carboxylic acids is 2. The van der Waals surface area contributed by atoms with Crippen LogP contribution in [0.1, 0.15) is 23.3 Å². The van der Waals surface area contributed by atoms with Crippen LogP contribution in [0.25, 0.3) is 0 Å². The van der Waals surface area contributed by atoms with Gasteiger partial charge in [-0.2, -0.15) is 0 Å². The second kappa shape index (κ2) is 5.44. The van der Waals surface area contributed by atoms with Crippen LogP contribution >= 0.6 is 11.6 Å². The van der Waals surface area contributed by atoms with Crippen molar-refractivity contribution in [2.75, 3.05) is 19.6 Å². The molecule has 0 aromatic carbocycles. The first-order valence-corrected chi connectivity index (χ1v) is 6.33. The lowest BCUT2D eigenvalue weighted by atomic mass is 10.4. The lowest BCUT2D eigenvalue weighted by Gasteiger charge is -2.15. The van der Waals surface area contributed by atoms with Crippen LogP contribution in [0.3, 0.4) is 0 Å². The monoisotopic (exact) mass is 269 g/mol. The molecule has 1 aliphatic rings. The maximum absolute atomic E-state index is 11.8. The second-order valence-electron chi connectivity index (χ2n) is 4.43. The van der Waals surface area contributed by atoms with Crippen LogP contribution in [0.4, 0.5) is 0 Å². The largest absolute Gasteiger partial charge is 0.345 e. The van der Waals surface area contributed by atoms with Gasteiger partial charge in [0, 0.05) is 26.3 Å². The Morgan fingerprint density at radius 2 is 2.06 bits per heavy atom. The molecule has 0 atom stereocenters. The summed E-state index contributed by atoms with van der Waals surface area (Å²) in [7, 11) is 1.74. The first-order valence-electron chi connectivity index (χ1n) is 5.96. The fourth-order valence-corrected chi connectivity index (χ4v) is 2.32. The summed E-state index contributed by atoms with van der Waals surface area (Å²) in [5, 5.41) is 3.13. The third kappa shape index (κ3) is 2.85. The number of carbonyl (C=O) groups is 2. The Balaban J connectivity index is 1.88. The smallest absolute Gasteiger partial charge is 0.268 e. The molecule has 98 valence electrons. The number of hydrogen-bond acceptors (Lipinski definition) is 2. The minimum atomic E-state index is -0.281. The fraction of sp³-hybridized carbons (Fsp3) is 0.500. The normalized spacial score (nSPS) is 14.9. The van der Waals surface area contributed by atoms with E-state index >= 15 is 0 Å². The Labute approximate surface area is 111 Å². The van der Waals surface area contributed by atoms with Gasteiger partial charge in [0.15, 0.2) is 0 Å². The van der Waals surface area contributed by atoms with E-state index in [0.717, 1.165) is 25.9 Å². The van der Waals surface area contributed by atoms with Gasteiger partial charge in [0.2, 0.25) is 5.91 Å². The van der Waals surface area contributed by atoms with Crippen molar-refractivity contribution in [3.05, 3.63) is 23.0 Å². The number of likely N-dealkylation sites (tertiary alicyclic amines) is 1. The van der Waals surface area contributed by atoms with Crippen molar-refractivity contribution in [1.82, 2.24) is 14.8 Å². The van der Waals surface area contributed by atoms with E-state index < -0.39 is 0 Å². The summed E-state index contributed by atoms with van der Waals surface area (Å²) in [6.07, 6.45) is 3.75. The molecule has 1 aliphatic heterocycles. The highest BCUT2D eigenvalue weighted by atomic mass is 35.5. The molecule has 1 N–H and O–H groups in total. The highest BCUT2D eigenvalue weighted by Crippen LogP contribution is 2.12. The van der Waals surface area contributed by atoms with E-state index in [2.05, 4.69) is 5.32 Å². The van der Waals surface area contributed by atoms with E-state index in [1.54, 1.807) is 28.8 Å². The lowest BCUT2D eigenvalue weighted by Crippen LogP contribution is -2.39. The van der Waals surface area contributed by atoms with Gasteiger partial charge in [0.25, 0.3) is 5.91 Å². The summed E-state index contributed by atoms with van der Waals surface area (Å²) in [5.74, 6) is -0.307. The van der Waals surface area contributed by atoms with Crippen LogP contribution < -0.4 is 5.32 Å². The standard InChI is InChI=1S/C12H16ClN3O2/c1-15-8-9(13)6-10(15)12(18)14-7-11(17)16-4-2-3-5-16/h6,8H,2-5,7H2,1H3,(H,14,18). The van der Waals surface area contributed by atoms with Crippen LogP contribution in [0.5, 0.6) is 0 Å². The van der Waals surface area contributed by atoms with Gasteiger partial charge in [-0.15, -0.1) is 0 Å². The van der Waals surface area contributed by atoms with Gasteiger partial charge >= 0.3 is 0 Å². The zero-order valence-corrected chi connectivity index (χ0v) is 11.0. The summed E-state index contributed by atoms with van der Waals surface area (Å²) in [4.78, 5) is 25.4. The maximum atomic E-state index is 11.8. The molecule has 0 aliphatic carbocycles. The Hall–Kier alpha value is -1.49. The van der Waals surface area contributed by atoms with Crippen LogP contribution in [-0.2, 0) is 11.8 Å². The van der Waals surface area contributed by atoms with Crippen LogP contribution in [0, 0.1) is 0 Å². The number of aryl methyl sites for hydroxylation is 1. The van der Waals surface area contributed by atoms with Crippen molar-refractivity contribution in [1.29, 1.82) is 0 Å². The first kappa shape index (κ1) is 13.0. The number of aromatic nitrogens is 1. The molecule has 0 spiro atoms. The summed E-state index contributed by atoms with van der Waals surface area (Å²) in [6.45, 7) is 1.64. The molecule has 5 nitrogen and oxygen atoms in total. The van der Waals surface area contributed by atoms with E-state index in [1.807, 2.05) is 0 Å². The maximum Gasteiger partial charge on any atom is 0.268 e. The average molecular weight is 270 g/mol. The van der Waals surface area contributed by atoms with E-state index in [1.165, 1.54) is 0 Å². The van der Waals surface area contributed by atoms with Crippen molar-refractivity contribution in [3.63, 3.8) is 0 Å². The van der Waals surface area contributed by atoms with E-state index in [0.29, 0.717) is 10.7 Å². The van der Waals surface area contributed by atoms with Crippen LogP contribution in [-0.4, -0.2) is 40.9 Å². The molecule has 1 fully saturated rings. The van der Waals surface area contributed by atoms with Crippen LogP contribution in [0.15, 0.2) is 12.3 Å². The molecule has 0 bridgehead atoms. The van der Waals surface area contributed by atoms with Gasteiger partial charge in [-0.05, 0) is 18.9 Å². The number of amides is 2. The molecule has 2 rings (SSSR count). The van der Waals surface area contributed by atoms with Gasteiger partial charge in [-0.25, -0.2) is 0 Å². The van der Waals surface area contributed by atoms with Crippen molar-refractivity contribution in [2.24, 2.45) is 7.05 Å². The molecular weight excluding hydrogens is 254 g/mol. The third-order valence-corrected chi connectivity index (χ3v) is 3.27. The van der Waals surface area contributed by atoms with Gasteiger partial charge in [-0.1, -0.05) is 11.6 Å². The molecule has 2 heterocycles. The topological polar surface area (TPSA) is 54.3 Å². The summed E-state index contributed by atoms with van der Waals surface area (Å²) < 4.78 is 1.64. The molecule has 1 aromatic heterocycles. The van der Waals surface area contributed by atoms with Gasteiger partial charge in [-0.3, -0.25) is 9.59 Å². The molecule has 0 unspecified atom stereocenters. The zero-order valence-electron chi connectivity index (χ0n) is 10.3. The highest BCUT2D eigenvalue weighted by molar-refractivity contribution is 6.31. The highest BCUT2D eigenvalue weighted by Gasteiger charge is 2.19. The van der Waals surface area contributed by atoms with E-state index in [4.69, 9.17) is 11.6 Å². The number of halogens is 1. The molecule has 1 aromatic rings. The summed E-state index contributed by atoms with van der Waals surface area (Å²) in [5.41, 5.74) is 0.453. The SMILES string of the molecule is Cn1cc(Cl)cc1C(=O)NCC(=O)N1CCCC1. The quantitative estimate of drug-likeness (QED) is 0.891. The van der Waals surface area contributed by atoms with E-state index in [-0.39, 0.29) is 18.4 Å². The predicted octanol–water partition coefficient (Wildman–Crippen LogP) is 1.03. The van der Waals surface area contributed by atoms with E-state index in [9.17, 15) is 9.59 Å².